The number of hydrogen-bond donors (Lipinski definition) is 0. The Morgan fingerprint density at radius 2 is 1.74 bits per heavy atom. The maximum Gasteiger partial charge on any atom is 0.225 e. The highest BCUT2D eigenvalue weighted by molar-refractivity contribution is 5.89. The molecule has 3 aromatic heterocycles. The molecule has 0 amide bonds. The van der Waals surface area contributed by atoms with Crippen LogP contribution in [0, 0.1) is 0 Å². The van der Waals surface area contributed by atoms with Gasteiger partial charge in [0.05, 0.1) is 12.1 Å². The van der Waals surface area contributed by atoms with Crippen LogP contribution in [0.25, 0.3) is 22.3 Å². The van der Waals surface area contributed by atoms with Crippen LogP contribution in [0.2, 0.25) is 0 Å². The van der Waals surface area contributed by atoms with Crippen molar-refractivity contribution in [1.82, 2.24) is 24.9 Å². The lowest BCUT2D eigenvalue weighted by Gasteiger charge is -2.17. The van der Waals surface area contributed by atoms with Crippen molar-refractivity contribution in [2.75, 3.05) is 36.0 Å². The third-order valence-corrected chi connectivity index (χ3v) is 5.22. The molecule has 8 heteroatoms. The standard InChI is InChI=1S/C19H20FN7/c20-14-5-8-27(11-14)16-4-3-15-18(25-16)17(24-12-23-15)13-9-21-19(22-10-13)26-6-1-2-7-26/h3-4,9-10,12,14H,1-2,5-8,11H2. The second kappa shape index (κ2) is 6.68. The highest BCUT2D eigenvalue weighted by atomic mass is 19.1. The largest absolute Gasteiger partial charge is 0.354 e. The number of fused-ring (bicyclic) bond motifs is 1. The third kappa shape index (κ3) is 3.05. The zero-order chi connectivity index (χ0) is 18.2. The van der Waals surface area contributed by atoms with Crippen molar-refractivity contribution >= 4 is 22.8 Å². The van der Waals surface area contributed by atoms with E-state index in [0.717, 1.165) is 35.9 Å². The predicted molar refractivity (Wildman–Crippen MR) is 102 cm³/mol. The maximum atomic E-state index is 13.6. The molecule has 3 aromatic rings. The first-order valence-corrected chi connectivity index (χ1v) is 9.36. The fraction of sp³-hybridized carbons (Fsp3) is 0.421. The van der Waals surface area contributed by atoms with Crippen LogP contribution in [-0.2, 0) is 0 Å². The molecule has 27 heavy (non-hydrogen) atoms. The zero-order valence-corrected chi connectivity index (χ0v) is 14.9. The molecular formula is C19H20FN7. The lowest BCUT2D eigenvalue weighted by molar-refractivity contribution is 0.364. The van der Waals surface area contributed by atoms with Gasteiger partial charge in [-0.1, -0.05) is 0 Å². The van der Waals surface area contributed by atoms with E-state index in [-0.39, 0.29) is 0 Å². The third-order valence-electron chi connectivity index (χ3n) is 5.22. The number of nitrogens with zero attached hydrogens (tertiary/aromatic N) is 7. The molecule has 2 saturated heterocycles. The first kappa shape index (κ1) is 16.3. The summed E-state index contributed by atoms with van der Waals surface area (Å²) in [5.41, 5.74) is 2.95. The van der Waals surface area contributed by atoms with Crippen LogP contribution in [0.5, 0.6) is 0 Å². The van der Waals surface area contributed by atoms with Crippen LogP contribution in [0.4, 0.5) is 16.2 Å². The highest BCUT2D eigenvalue weighted by Gasteiger charge is 2.23. The molecule has 5 rings (SSSR count). The molecule has 2 aliphatic rings. The Balaban J connectivity index is 1.52. The summed E-state index contributed by atoms with van der Waals surface area (Å²) in [5, 5.41) is 0. The van der Waals surface area contributed by atoms with E-state index in [4.69, 9.17) is 4.98 Å². The minimum atomic E-state index is -0.791. The molecule has 2 aliphatic heterocycles. The number of hydrogen-bond acceptors (Lipinski definition) is 7. The minimum Gasteiger partial charge on any atom is -0.354 e. The van der Waals surface area contributed by atoms with Gasteiger partial charge in [-0.2, -0.15) is 0 Å². The summed E-state index contributed by atoms with van der Waals surface area (Å²) in [5.74, 6) is 1.52. The van der Waals surface area contributed by atoms with Crippen LogP contribution >= 0.6 is 0 Å². The molecule has 0 radical (unpaired) electrons. The minimum absolute atomic E-state index is 0.384. The molecule has 0 spiro atoms. The summed E-state index contributed by atoms with van der Waals surface area (Å²) >= 11 is 0. The van der Waals surface area contributed by atoms with Crippen molar-refractivity contribution in [2.45, 2.75) is 25.4 Å². The summed E-state index contributed by atoms with van der Waals surface area (Å²) in [6, 6.07) is 3.80. The van der Waals surface area contributed by atoms with E-state index in [1.165, 1.54) is 19.2 Å². The molecule has 0 bridgehead atoms. The Morgan fingerprint density at radius 1 is 0.926 bits per heavy atom. The van der Waals surface area contributed by atoms with Gasteiger partial charge in [-0.15, -0.1) is 0 Å². The average molecular weight is 365 g/mol. The molecule has 0 aliphatic carbocycles. The van der Waals surface area contributed by atoms with Gasteiger partial charge in [-0.05, 0) is 31.4 Å². The second-order valence-corrected chi connectivity index (χ2v) is 7.06. The summed E-state index contributed by atoms with van der Waals surface area (Å²) in [4.78, 5) is 26.7. The molecular weight excluding hydrogens is 345 g/mol. The van der Waals surface area contributed by atoms with E-state index in [0.29, 0.717) is 30.7 Å². The van der Waals surface area contributed by atoms with Gasteiger partial charge in [0, 0.05) is 37.6 Å². The van der Waals surface area contributed by atoms with Crippen LogP contribution in [0.15, 0.2) is 30.9 Å². The van der Waals surface area contributed by atoms with Gasteiger partial charge in [0.25, 0.3) is 0 Å². The highest BCUT2D eigenvalue weighted by Crippen LogP contribution is 2.27. The van der Waals surface area contributed by atoms with E-state index >= 15 is 0 Å². The quantitative estimate of drug-likeness (QED) is 0.706. The van der Waals surface area contributed by atoms with Gasteiger partial charge < -0.3 is 9.80 Å². The van der Waals surface area contributed by atoms with Gasteiger partial charge in [0.15, 0.2) is 0 Å². The molecule has 138 valence electrons. The molecule has 7 nitrogen and oxygen atoms in total. The summed E-state index contributed by atoms with van der Waals surface area (Å²) in [6.07, 6.45) is 7.24. The zero-order valence-electron chi connectivity index (χ0n) is 14.9. The SMILES string of the molecule is FC1CCN(c2ccc3ncnc(-c4cnc(N5CCCC5)nc4)c3n2)C1. The maximum absolute atomic E-state index is 13.6. The average Bonchev–Trinajstić information content (AvgIpc) is 3.39. The Hall–Kier alpha value is -2.90. The number of anilines is 2. The molecule has 2 fully saturated rings. The first-order valence-electron chi connectivity index (χ1n) is 9.36. The van der Waals surface area contributed by atoms with Crippen LogP contribution in [0.1, 0.15) is 19.3 Å². The van der Waals surface area contributed by atoms with Crippen molar-refractivity contribution in [2.24, 2.45) is 0 Å². The smallest absolute Gasteiger partial charge is 0.225 e. The van der Waals surface area contributed by atoms with Crippen LogP contribution in [-0.4, -0.2) is 57.3 Å². The molecule has 0 saturated carbocycles. The Kier molecular flexibility index (Phi) is 4.03. The molecule has 5 heterocycles. The number of alkyl halides is 1. The van der Waals surface area contributed by atoms with Gasteiger partial charge in [-0.25, -0.2) is 29.3 Å². The Morgan fingerprint density at radius 3 is 2.48 bits per heavy atom. The second-order valence-electron chi connectivity index (χ2n) is 7.06. The van der Waals surface area contributed by atoms with Gasteiger partial charge in [0.2, 0.25) is 5.95 Å². The fourth-order valence-electron chi connectivity index (χ4n) is 3.77. The topological polar surface area (TPSA) is 70.9 Å². The Labute approximate surface area is 156 Å². The van der Waals surface area contributed by atoms with Crippen LogP contribution in [0.3, 0.4) is 0 Å². The monoisotopic (exact) mass is 365 g/mol. The predicted octanol–water partition coefficient (Wildman–Crippen LogP) is 2.63. The van der Waals surface area contributed by atoms with Crippen molar-refractivity contribution in [3.05, 3.63) is 30.9 Å². The lowest BCUT2D eigenvalue weighted by Crippen LogP contribution is -2.21. The fourth-order valence-corrected chi connectivity index (χ4v) is 3.77. The van der Waals surface area contributed by atoms with Gasteiger partial charge in [0.1, 0.15) is 29.5 Å². The van der Waals surface area contributed by atoms with Crippen molar-refractivity contribution < 1.29 is 4.39 Å². The van der Waals surface area contributed by atoms with E-state index in [1.54, 1.807) is 12.4 Å². The summed E-state index contributed by atoms with van der Waals surface area (Å²) in [6.45, 7) is 3.07. The van der Waals surface area contributed by atoms with Gasteiger partial charge >= 0.3 is 0 Å². The Bertz CT molecular complexity index is 956. The lowest BCUT2D eigenvalue weighted by atomic mass is 10.2. The number of halogens is 1. The first-order chi connectivity index (χ1) is 13.3. The number of pyridine rings is 1. The van der Waals surface area contributed by atoms with Gasteiger partial charge in [-0.3, -0.25) is 0 Å². The van der Waals surface area contributed by atoms with E-state index < -0.39 is 6.17 Å². The van der Waals surface area contributed by atoms with Crippen LogP contribution < -0.4 is 9.80 Å². The molecule has 0 aromatic carbocycles. The van der Waals surface area contributed by atoms with Crippen molar-refractivity contribution in [1.29, 1.82) is 0 Å². The van der Waals surface area contributed by atoms with Crippen molar-refractivity contribution in [3.63, 3.8) is 0 Å². The van der Waals surface area contributed by atoms with E-state index in [2.05, 4.69) is 24.8 Å². The summed E-state index contributed by atoms with van der Waals surface area (Å²) < 4.78 is 13.6. The normalized spacial score (nSPS) is 20.0. The van der Waals surface area contributed by atoms with Crippen molar-refractivity contribution in [3.8, 4) is 11.3 Å². The van der Waals surface area contributed by atoms with E-state index in [9.17, 15) is 4.39 Å². The van der Waals surface area contributed by atoms with E-state index in [1.807, 2.05) is 17.0 Å². The molecule has 1 atom stereocenters. The molecule has 0 N–H and O–H groups in total. The number of rotatable bonds is 3. The summed E-state index contributed by atoms with van der Waals surface area (Å²) in [7, 11) is 0. The number of aromatic nitrogens is 5. The molecule has 1 unspecified atom stereocenters.